The predicted octanol–water partition coefficient (Wildman–Crippen LogP) is 2.54. The number of alkyl halides is 3. The molecule has 0 fully saturated rings. The molecule has 0 aliphatic rings. The van der Waals surface area contributed by atoms with Crippen LogP contribution in [0.15, 0.2) is 18.2 Å². The molecule has 0 aliphatic carbocycles. The van der Waals surface area contributed by atoms with Crippen molar-refractivity contribution in [3.8, 4) is 0 Å². The van der Waals surface area contributed by atoms with E-state index in [1.54, 1.807) is 0 Å². The second kappa shape index (κ2) is 5.42. The van der Waals surface area contributed by atoms with Gasteiger partial charge in [0, 0.05) is 5.56 Å². The quantitative estimate of drug-likeness (QED) is 0.839. The van der Waals surface area contributed by atoms with E-state index in [1.807, 2.05) is 0 Å². The summed E-state index contributed by atoms with van der Waals surface area (Å²) in [6.45, 7) is -2.12. The first-order chi connectivity index (χ1) is 7.81. The van der Waals surface area contributed by atoms with Crippen LogP contribution in [0.2, 0.25) is 0 Å². The second-order valence-electron chi connectivity index (χ2n) is 3.37. The zero-order valence-electron chi connectivity index (χ0n) is 8.60. The van der Waals surface area contributed by atoms with Gasteiger partial charge >= 0.3 is 6.18 Å². The summed E-state index contributed by atoms with van der Waals surface area (Å²) >= 11 is 0. The van der Waals surface area contributed by atoms with E-state index in [1.165, 1.54) is 0 Å². The van der Waals surface area contributed by atoms with Crippen LogP contribution in [0, 0.1) is 11.6 Å². The van der Waals surface area contributed by atoms with Crippen LogP contribution < -0.4 is 5.73 Å². The van der Waals surface area contributed by atoms with E-state index >= 15 is 0 Å². The first-order valence-electron chi connectivity index (χ1n) is 4.65. The molecule has 0 radical (unpaired) electrons. The van der Waals surface area contributed by atoms with Gasteiger partial charge in [-0.1, -0.05) is 6.07 Å². The molecule has 1 rings (SSSR count). The number of rotatable bonds is 4. The largest absolute Gasteiger partial charge is 0.411 e. The van der Waals surface area contributed by atoms with Crippen molar-refractivity contribution < 1.29 is 26.7 Å². The van der Waals surface area contributed by atoms with Gasteiger partial charge in [-0.25, -0.2) is 8.78 Å². The smallest absolute Gasteiger partial charge is 0.370 e. The molecule has 0 saturated carbocycles. The third kappa shape index (κ3) is 4.27. The van der Waals surface area contributed by atoms with Crippen molar-refractivity contribution in [3.63, 3.8) is 0 Å². The lowest BCUT2D eigenvalue weighted by molar-refractivity contribution is -0.174. The lowest BCUT2D eigenvalue weighted by atomic mass is 10.1. The van der Waals surface area contributed by atoms with Gasteiger partial charge < -0.3 is 10.5 Å². The Balaban J connectivity index is 2.61. The second-order valence-corrected chi connectivity index (χ2v) is 3.37. The normalized spacial score (nSPS) is 13.8. The van der Waals surface area contributed by atoms with Gasteiger partial charge in [0.05, 0.1) is 12.6 Å². The van der Waals surface area contributed by atoms with Gasteiger partial charge in [0.2, 0.25) is 0 Å². The topological polar surface area (TPSA) is 35.2 Å². The Bertz CT molecular complexity index is 359. The number of ether oxygens (including phenoxy) is 1. The van der Waals surface area contributed by atoms with E-state index in [0.717, 1.165) is 18.2 Å². The third-order valence-corrected chi connectivity index (χ3v) is 1.93. The molecule has 2 N–H and O–H groups in total. The number of benzene rings is 1. The van der Waals surface area contributed by atoms with Gasteiger partial charge in [-0.2, -0.15) is 13.2 Å². The lowest BCUT2D eigenvalue weighted by Crippen LogP contribution is -2.24. The molecular formula is C10H10F5NO. The Morgan fingerprint density at radius 3 is 2.18 bits per heavy atom. The predicted molar refractivity (Wildman–Crippen MR) is 50.2 cm³/mol. The van der Waals surface area contributed by atoms with Crippen LogP contribution in [-0.4, -0.2) is 19.4 Å². The Kier molecular flexibility index (Phi) is 4.41. The summed E-state index contributed by atoms with van der Waals surface area (Å²) in [6.07, 6.45) is -4.49. The molecule has 2 nitrogen and oxygen atoms in total. The molecule has 17 heavy (non-hydrogen) atoms. The number of hydrogen-bond acceptors (Lipinski definition) is 2. The van der Waals surface area contributed by atoms with Crippen molar-refractivity contribution in [2.24, 2.45) is 5.73 Å². The molecule has 1 atom stereocenters. The van der Waals surface area contributed by atoms with Crippen molar-refractivity contribution in [2.75, 3.05) is 13.2 Å². The minimum Gasteiger partial charge on any atom is -0.370 e. The fraction of sp³-hybridized carbons (Fsp3) is 0.400. The molecule has 0 aromatic heterocycles. The van der Waals surface area contributed by atoms with Crippen LogP contribution in [0.3, 0.4) is 0 Å². The summed E-state index contributed by atoms with van der Waals surface area (Å²) in [5.74, 6) is -1.82. The lowest BCUT2D eigenvalue weighted by Gasteiger charge is -2.15. The third-order valence-electron chi connectivity index (χ3n) is 1.93. The van der Waals surface area contributed by atoms with Crippen LogP contribution in [0.5, 0.6) is 0 Å². The Morgan fingerprint density at radius 2 is 1.71 bits per heavy atom. The summed E-state index contributed by atoms with van der Waals surface area (Å²) < 4.78 is 65.8. The van der Waals surface area contributed by atoms with E-state index in [4.69, 9.17) is 5.73 Å². The average molecular weight is 255 g/mol. The van der Waals surface area contributed by atoms with Gasteiger partial charge in [-0.05, 0) is 12.1 Å². The van der Waals surface area contributed by atoms with Crippen LogP contribution in [0.1, 0.15) is 11.6 Å². The summed E-state index contributed by atoms with van der Waals surface area (Å²) in [6, 6.07) is 1.81. The zero-order chi connectivity index (χ0) is 13.1. The van der Waals surface area contributed by atoms with Gasteiger partial charge in [-0.3, -0.25) is 0 Å². The molecule has 0 spiro atoms. The molecule has 1 aromatic carbocycles. The van der Waals surface area contributed by atoms with Crippen LogP contribution in [0.4, 0.5) is 22.0 Å². The van der Waals surface area contributed by atoms with Crippen molar-refractivity contribution in [1.29, 1.82) is 0 Å². The zero-order valence-corrected chi connectivity index (χ0v) is 8.60. The standard InChI is InChI=1S/C10H10F5NO/c11-6-2-1-3-7(12)9(6)8(16)4-17-5-10(13,14)15/h1-3,8H,4-5,16H2. The van der Waals surface area contributed by atoms with Crippen molar-refractivity contribution in [1.82, 2.24) is 0 Å². The highest BCUT2D eigenvalue weighted by Crippen LogP contribution is 2.20. The minimum absolute atomic E-state index is 0.477. The van der Waals surface area contributed by atoms with E-state index in [2.05, 4.69) is 4.74 Å². The van der Waals surface area contributed by atoms with E-state index in [9.17, 15) is 22.0 Å². The van der Waals surface area contributed by atoms with Crippen molar-refractivity contribution in [2.45, 2.75) is 12.2 Å². The van der Waals surface area contributed by atoms with E-state index in [0.29, 0.717) is 0 Å². The molecule has 0 saturated heterocycles. The van der Waals surface area contributed by atoms with Gasteiger partial charge in [0.25, 0.3) is 0 Å². The summed E-state index contributed by atoms with van der Waals surface area (Å²) in [7, 11) is 0. The maximum atomic E-state index is 13.2. The van der Waals surface area contributed by atoms with E-state index < -0.39 is 42.6 Å². The fourth-order valence-electron chi connectivity index (χ4n) is 1.25. The number of hydrogen-bond donors (Lipinski definition) is 1. The highest BCUT2D eigenvalue weighted by Gasteiger charge is 2.28. The van der Waals surface area contributed by atoms with Gasteiger partial charge in [-0.15, -0.1) is 0 Å². The summed E-state index contributed by atoms with van der Waals surface area (Å²) in [5.41, 5.74) is 4.88. The summed E-state index contributed by atoms with van der Waals surface area (Å²) in [4.78, 5) is 0. The van der Waals surface area contributed by atoms with Crippen LogP contribution >= 0.6 is 0 Å². The molecule has 0 heterocycles. The molecule has 0 amide bonds. The summed E-state index contributed by atoms with van der Waals surface area (Å²) in [5, 5.41) is 0. The number of halogens is 5. The highest BCUT2D eigenvalue weighted by molar-refractivity contribution is 5.22. The molecule has 7 heteroatoms. The monoisotopic (exact) mass is 255 g/mol. The van der Waals surface area contributed by atoms with Crippen molar-refractivity contribution in [3.05, 3.63) is 35.4 Å². The maximum Gasteiger partial charge on any atom is 0.411 e. The molecule has 96 valence electrons. The minimum atomic E-state index is -4.49. The molecule has 1 aromatic rings. The van der Waals surface area contributed by atoms with Crippen molar-refractivity contribution >= 4 is 0 Å². The SMILES string of the molecule is NC(COCC(F)(F)F)c1c(F)cccc1F. The first-order valence-corrected chi connectivity index (χ1v) is 4.65. The molecule has 0 aliphatic heterocycles. The maximum absolute atomic E-state index is 13.2. The van der Waals surface area contributed by atoms with Gasteiger partial charge in [0.15, 0.2) is 0 Å². The highest BCUT2D eigenvalue weighted by atomic mass is 19.4. The number of nitrogens with two attached hydrogens (primary N) is 1. The average Bonchev–Trinajstić information content (AvgIpc) is 2.15. The van der Waals surface area contributed by atoms with Gasteiger partial charge in [0.1, 0.15) is 18.2 Å². The molecular weight excluding hydrogens is 245 g/mol. The van der Waals surface area contributed by atoms with Crippen LogP contribution in [0.25, 0.3) is 0 Å². The Morgan fingerprint density at radius 1 is 1.18 bits per heavy atom. The first kappa shape index (κ1) is 13.9. The van der Waals surface area contributed by atoms with E-state index in [-0.39, 0.29) is 0 Å². The Labute approximate surface area is 94.2 Å². The van der Waals surface area contributed by atoms with Crippen LogP contribution in [-0.2, 0) is 4.74 Å². The molecule has 0 bridgehead atoms. The molecule has 1 unspecified atom stereocenters. The fourth-order valence-corrected chi connectivity index (χ4v) is 1.25. The Hall–Kier alpha value is -1.21.